The van der Waals surface area contributed by atoms with Gasteiger partial charge in [-0.2, -0.15) is 0 Å². The zero-order valence-corrected chi connectivity index (χ0v) is 27.8. The van der Waals surface area contributed by atoms with Crippen LogP contribution in [-0.4, -0.2) is 87.2 Å². The molecule has 2 amide bonds. The molecule has 0 aromatic heterocycles. The van der Waals surface area contributed by atoms with Crippen molar-refractivity contribution < 1.29 is 33.3 Å². The van der Waals surface area contributed by atoms with Gasteiger partial charge in [0.15, 0.2) is 23.0 Å². The van der Waals surface area contributed by atoms with E-state index in [1.807, 2.05) is 47.8 Å². The topological polar surface area (TPSA) is 111 Å². The third-order valence-corrected chi connectivity index (χ3v) is 10.1. The number of amides is 2. The smallest absolute Gasteiger partial charge is 0.260 e. The molecule has 0 N–H and O–H groups in total. The molecule has 3 aromatic carbocycles. The minimum absolute atomic E-state index is 0.00423. The first kappa shape index (κ1) is 31.0. The van der Waals surface area contributed by atoms with Crippen LogP contribution in [0.15, 0.2) is 64.7 Å². The molecule has 252 valence electrons. The van der Waals surface area contributed by atoms with Crippen molar-refractivity contribution in [1.82, 2.24) is 9.80 Å². The molecule has 1 saturated heterocycles. The second-order valence-corrected chi connectivity index (χ2v) is 13.2. The first-order chi connectivity index (χ1) is 23.9. The molecule has 0 bridgehead atoms. The van der Waals surface area contributed by atoms with Gasteiger partial charge in [0, 0.05) is 50.1 Å². The maximum absolute atomic E-state index is 13.7. The third kappa shape index (κ3) is 5.66. The standard InChI is InChI=1S/C38H38N4O7/c1-45-27-7-5-23(6-8-27)24-13-25-19-39-30-16-34(32(46-2)14-28(30)36(43)41(25)21-24)48-11-4-12-49-35-17-31-29(15-33(35)47-3)37(44)42-22-38(9-10-38)18-26(42)20-40-31/h5-8,14-17,19-21,25-26H,4,9-13,18,22H2,1-3H3/t25-,26?/m0/s1. The molecule has 11 heteroatoms. The first-order valence-electron chi connectivity index (χ1n) is 16.7. The summed E-state index contributed by atoms with van der Waals surface area (Å²) in [6, 6.07) is 14.6. The number of hydrogen-bond donors (Lipinski definition) is 0. The van der Waals surface area contributed by atoms with Gasteiger partial charge in [-0.05, 0) is 60.1 Å². The van der Waals surface area contributed by atoms with Crippen LogP contribution in [0.25, 0.3) is 5.57 Å². The predicted octanol–water partition coefficient (Wildman–Crippen LogP) is 6.24. The average Bonchev–Trinajstić information content (AvgIpc) is 3.66. The number of ether oxygens (including phenoxy) is 5. The van der Waals surface area contributed by atoms with Crippen molar-refractivity contribution in [2.45, 2.75) is 44.2 Å². The number of fused-ring (bicyclic) bond motifs is 4. The second-order valence-electron chi connectivity index (χ2n) is 13.2. The first-order valence-corrected chi connectivity index (χ1v) is 16.7. The lowest BCUT2D eigenvalue weighted by atomic mass is 10.0. The molecule has 1 saturated carbocycles. The van der Waals surface area contributed by atoms with E-state index in [9.17, 15) is 9.59 Å². The van der Waals surface area contributed by atoms with Gasteiger partial charge in [-0.15, -0.1) is 0 Å². The normalized spacial score (nSPS) is 20.9. The molecule has 1 spiro atoms. The van der Waals surface area contributed by atoms with Gasteiger partial charge in [0.1, 0.15) is 5.75 Å². The number of carbonyl (C=O) groups excluding carboxylic acids is 2. The highest BCUT2D eigenvalue weighted by Gasteiger charge is 2.53. The summed E-state index contributed by atoms with van der Waals surface area (Å²) in [6.07, 6.45) is 10.2. The number of methoxy groups -OCH3 is 3. The van der Waals surface area contributed by atoms with Crippen molar-refractivity contribution in [2.75, 3.05) is 41.1 Å². The Morgan fingerprint density at radius 1 is 0.755 bits per heavy atom. The van der Waals surface area contributed by atoms with E-state index in [1.54, 1.807) is 50.5 Å². The Morgan fingerprint density at radius 3 is 1.96 bits per heavy atom. The summed E-state index contributed by atoms with van der Waals surface area (Å²) in [5.74, 6) is 2.58. The Morgan fingerprint density at radius 2 is 1.37 bits per heavy atom. The Kier molecular flexibility index (Phi) is 7.77. The van der Waals surface area contributed by atoms with E-state index in [0.29, 0.717) is 77.0 Å². The van der Waals surface area contributed by atoms with E-state index in [4.69, 9.17) is 33.7 Å². The molecule has 49 heavy (non-hydrogen) atoms. The third-order valence-electron chi connectivity index (χ3n) is 10.1. The van der Waals surface area contributed by atoms with Gasteiger partial charge in [-0.3, -0.25) is 19.6 Å². The number of hydrogen-bond acceptors (Lipinski definition) is 9. The summed E-state index contributed by atoms with van der Waals surface area (Å²) in [4.78, 5) is 40.2. The fourth-order valence-corrected chi connectivity index (χ4v) is 7.21. The molecule has 4 aliphatic heterocycles. The number of carbonyl (C=O) groups is 2. The largest absolute Gasteiger partial charge is 0.497 e. The molecule has 1 aliphatic carbocycles. The van der Waals surface area contributed by atoms with E-state index in [0.717, 1.165) is 29.9 Å². The molecule has 11 nitrogen and oxygen atoms in total. The highest BCUT2D eigenvalue weighted by Crippen LogP contribution is 2.55. The summed E-state index contributed by atoms with van der Waals surface area (Å²) >= 11 is 0. The van der Waals surface area contributed by atoms with Crippen molar-refractivity contribution in [3.05, 3.63) is 71.4 Å². The Bertz CT molecular complexity index is 1910. The van der Waals surface area contributed by atoms with Crippen molar-refractivity contribution in [3.8, 4) is 28.7 Å². The molecular formula is C38H38N4O7. The summed E-state index contributed by atoms with van der Waals surface area (Å²) < 4.78 is 28.7. The van der Waals surface area contributed by atoms with Gasteiger partial charge < -0.3 is 33.5 Å². The molecule has 2 fully saturated rings. The van der Waals surface area contributed by atoms with Crippen LogP contribution in [-0.2, 0) is 0 Å². The van der Waals surface area contributed by atoms with E-state index in [-0.39, 0.29) is 23.9 Å². The van der Waals surface area contributed by atoms with Gasteiger partial charge in [0.25, 0.3) is 11.8 Å². The molecule has 3 aromatic rings. The highest BCUT2D eigenvalue weighted by molar-refractivity contribution is 6.06. The highest BCUT2D eigenvalue weighted by atomic mass is 16.5. The monoisotopic (exact) mass is 662 g/mol. The predicted molar refractivity (Wildman–Crippen MR) is 185 cm³/mol. The SMILES string of the molecule is COc1ccc(C2=CN3C(=O)c4cc(OC)c(OCCCOc5cc6c(cc5OC)C(=O)N5CC7(CC7)CC5C=N6)cc4N=C[C@@H]3C2)cc1. The maximum Gasteiger partial charge on any atom is 0.260 e. The molecule has 8 rings (SSSR count). The van der Waals surface area contributed by atoms with E-state index < -0.39 is 0 Å². The molecule has 5 aliphatic rings. The van der Waals surface area contributed by atoms with Crippen LogP contribution in [0.3, 0.4) is 0 Å². The molecule has 1 unspecified atom stereocenters. The minimum Gasteiger partial charge on any atom is -0.497 e. The van der Waals surface area contributed by atoms with Gasteiger partial charge in [0.2, 0.25) is 0 Å². The number of rotatable bonds is 10. The van der Waals surface area contributed by atoms with Crippen LogP contribution in [0.1, 0.15) is 58.4 Å². The molecule has 4 heterocycles. The molecule has 0 radical (unpaired) electrons. The van der Waals surface area contributed by atoms with Gasteiger partial charge in [-0.25, -0.2) is 0 Å². The van der Waals surface area contributed by atoms with Crippen molar-refractivity contribution >= 4 is 41.2 Å². The van der Waals surface area contributed by atoms with Crippen LogP contribution >= 0.6 is 0 Å². The summed E-state index contributed by atoms with van der Waals surface area (Å²) in [5.41, 5.74) is 4.50. The number of benzene rings is 3. The van der Waals surface area contributed by atoms with Crippen LogP contribution in [0.4, 0.5) is 11.4 Å². The fraction of sp³-hybridized carbons (Fsp3) is 0.368. The van der Waals surface area contributed by atoms with E-state index >= 15 is 0 Å². The average molecular weight is 663 g/mol. The van der Waals surface area contributed by atoms with Crippen molar-refractivity contribution in [2.24, 2.45) is 15.4 Å². The van der Waals surface area contributed by atoms with Gasteiger partial charge in [-0.1, -0.05) is 12.1 Å². The van der Waals surface area contributed by atoms with Crippen LogP contribution in [0, 0.1) is 5.41 Å². The lowest BCUT2D eigenvalue weighted by Crippen LogP contribution is -2.35. The molecule has 2 atom stereocenters. The van der Waals surface area contributed by atoms with Crippen molar-refractivity contribution in [3.63, 3.8) is 0 Å². The number of aliphatic imine (C=N–C) groups is 2. The Balaban J connectivity index is 0.915. The van der Waals surface area contributed by atoms with Gasteiger partial charge >= 0.3 is 0 Å². The van der Waals surface area contributed by atoms with Crippen LogP contribution < -0.4 is 23.7 Å². The van der Waals surface area contributed by atoms with Crippen LogP contribution in [0.5, 0.6) is 28.7 Å². The zero-order valence-electron chi connectivity index (χ0n) is 27.8. The van der Waals surface area contributed by atoms with Gasteiger partial charge in [0.05, 0.1) is 69.1 Å². The van der Waals surface area contributed by atoms with Crippen LogP contribution in [0.2, 0.25) is 0 Å². The second kappa shape index (κ2) is 12.3. The minimum atomic E-state index is -0.190. The fourth-order valence-electron chi connectivity index (χ4n) is 7.21. The lowest BCUT2D eigenvalue weighted by molar-refractivity contribution is 0.0766. The Hall–Kier alpha value is -5.32. The zero-order chi connectivity index (χ0) is 33.7. The van der Waals surface area contributed by atoms with E-state index in [2.05, 4.69) is 0 Å². The summed E-state index contributed by atoms with van der Waals surface area (Å²) in [7, 11) is 4.76. The Labute approximate surface area is 284 Å². The number of nitrogens with zero attached hydrogens (tertiary/aromatic N) is 4. The van der Waals surface area contributed by atoms with E-state index in [1.165, 1.54) is 12.8 Å². The summed E-state index contributed by atoms with van der Waals surface area (Å²) in [6.45, 7) is 1.47. The van der Waals surface area contributed by atoms with Crippen molar-refractivity contribution in [1.29, 1.82) is 0 Å². The molecular weight excluding hydrogens is 624 g/mol. The lowest BCUT2D eigenvalue weighted by Gasteiger charge is -2.21. The maximum atomic E-state index is 13.7. The quantitative estimate of drug-likeness (QED) is 0.236. The summed E-state index contributed by atoms with van der Waals surface area (Å²) in [5, 5.41) is 0.